The van der Waals surface area contributed by atoms with Crippen LogP contribution in [-0.2, 0) is 0 Å². The molecular formula is C14H18F2N2S. The molecule has 0 aromatic heterocycles. The molecule has 2 unspecified atom stereocenters. The summed E-state index contributed by atoms with van der Waals surface area (Å²) in [4.78, 5) is -0.130. The SMILES string of the molecule is CC1CCCC(Nc2ccc(C(N)=S)c(F)c2F)C1. The molecule has 3 N–H and O–H groups in total. The van der Waals surface area contributed by atoms with E-state index in [-0.39, 0.29) is 22.3 Å². The Morgan fingerprint density at radius 2 is 2.05 bits per heavy atom. The Hall–Kier alpha value is -1.23. The zero-order valence-electron chi connectivity index (χ0n) is 10.9. The lowest BCUT2D eigenvalue weighted by Gasteiger charge is -2.28. The molecule has 1 aromatic carbocycles. The molecule has 2 rings (SSSR count). The van der Waals surface area contributed by atoms with E-state index in [2.05, 4.69) is 24.5 Å². The van der Waals surface area contributed by atoms with Gasteiger partial charge in [0, 0.05) is 11.6 Å². The van der Waals surface area contributed by atoms with Crippen molar-refractivity contribution in [3.63, 3.8) is 0 Å². The highest BCUT2D eigenvalue weighted by Crippen LogP contribution is 2.28. The minimum atomic E-state index is -0.971. The van der Waals surface area contributed by atoms with Gasteiger partial charge in [0.25, 0.3) is 0 Å². The normalized spacial score (nSPS) is 23.1. The zero-order chi connectivity index (χ0) is 14.0. The van der Waals surface area contributed by atoms with E-state index in [0.29, 0.717) is 5.92 Å². The van der Waals surface area contributed by atoms with Crippen LogP contribution >= 0.6 is 12.2 Å². The van der Waals surface area contributed by atoms with Gasteiger partial charge in [0.1, 0.15) is 4.99 Å². The highest BCUT2D eigenvalue weighted by atomic mass is 32.1. The van der Waals surface area contributed by atoms with Crippen LogP contribution in [0.15, 0.2) is 12.1 Å². The number of halogens is 2. The monoisotopic (exact) mass is 284 g/mol. The van der Waals surface area contributed by atoms with Crippen molar-refractivity contribution < 1.29 is 8.78 Å². The second kappa shape index (κ2) is 5.82. The molecule has 1 aliphatic rings. The van der Waals surface area contributed by atoms with Crippen molar-refractivity contribution in [2.45, 2.75) is 38.6 Å². The van der Waals surface area contributed by atoms with Crippen LogP contribution in [0.25, 0.3) is 0 Å². The van der Waals surface area contributed by atoms with Gasteiger partial charge in [-0.05, 0) is 30.9 Å². The van der Waals surface area contributed by atoms with Crippen molar-refractivity contribution >= 4 is 22.9 Å². The van der Waals surface area contributed by atoms with Crippen LogP contribution in [-0.4, -0.2) is 11.0 Å². The van der Waals surface area contributed by atoms with E-state index in [1.165, 1.54) is 18.6 Å². The van der Waals surface area contributed by atoms with Crippen LogP contribution in [0.5, 0.6) is 0 Å². The minimum absolute atomic E-state index is 0.0462. The van der Waals surface area contributed by atoms with E-state index in [1.807, 2.05) is 0 Å². The molecule has 1 fully saturated rings. The molecule has 0 aliphatic heterocycles. The maximum absolute atomic E-state index is 13.9. The van der Waals surface area contributed by atoms with E-state index in [4.69, 9.17) is 5.73 Å². The first-order valence-corrected chi connectivity index (χ1v) is 6.94. The summed E-state index contributed by atoms with van der Waals surface area (Å²) < 4.78 is 27.7. The number of thiocarbonyl (C=S) groups is 1. The van der Waals surface area contributed by atoms with Gasteiger partial charge in [0.15, 0.2) is 11.6 Å². The van der Waals surface area contributed by atoms with Crippen molar-refractivity contribution in [1.82, 2.24) is 0 Å². The van der Waals surface area contributed by atoms with E-state index in [9.17, 15) is 8.78 Å². The molecule has 1 saturated carbocycles. The second-order valence-corrected chi connectivity index (χ2v) is 5.71. The molecule has 0 amide bonds. The first-order chi connectivity index (χ1) is 8.99. The number of hydrogen-bond acceptors (Lipinski definition) is 2. The third-order valence-electron chi connectivity index (χ3n) is 3.64. The molecular weight excluding hydrogens is 266 g/mol. The fourth-order valence-electron chi connectivity index (χ4n) is 2.64. The van der Waals surface area contributed by atoms with Crippen molar-refractivity contribution in [3.8, 4) is 0 Å². The quantitative estimate of drug-likeness (QED) is 0.833. The Kier molecular flexibility index (Phi) is 4.34. The first-order valence-electron chi connectivity index (χ1n) is 6.53. The summed E-state index contributed by atoms with van der Waals surface area (Å²) in [6, 6.07) is 3.13. The van der Waals surface area contributed by atoms with Crippen molar-refractivity contribution in [3.05, 3.63) is 29.3 Å². The van der Waals surface area contributed by atoms with Gasteiger partial charge >= 0.3 is 0 Å². The van der Waals surface area contributed by atoms with Crippen LogP contribution in [0.1, 0.15) is 38.2 Å². The van der Waals surface area contributed by atoms with E-state index >= 15 is 0 Å². The molecule has 2 nitrogen and oxygen atoms in total. The van der Waals surface area contributed by atoms with Gasteiger partial charge in [-0.2, -0.15) is 0 Å². The largest absolute Gasteiger partial charge is 0.389 e. The summed E-state index contributed by atoms with van der Waals surface area (Å²) in [5, 5.41) is 3.09. The van der Waals surface area contributed by atoms with Crippen molar-refractivity contribution in [2.75, 3.05) is 5.32 Å². The maximum atomic E-state index is 13.9. The smallest absolute Gasteiger partial charge is 0.182 e. The Morgan fingerprint density at radius 3 is 2.68 bits per heavy atom. The average molecular weight is 284 g/mol. The molecule has 19 heavy (non-hydrogen) atoms. The Balaban J connectivity index is 2.17. The summed E-state index contributed by atoms with van der Waals surface area (Å²) in [6.45, 7) is 2.18. The molecule has 0 spiro atoms. The molecule has 0 saturated heterocycles. The van der Waals surface area contributed by atoms with Gasteiger partial charge in [0.05, 0.1) is 5.69 Å². The van der Waals surface area contributed by atoms with Crippen molar-refractivity contribution in [2.24, 2.45) is 11.7 Å². The van der Waals surface area contributed by atoms with Crippen LogP contribution in [0.4, 0.5) is 14.5 Å². The number of hydrogen-bond donors (Lipinski definition) is 2. The lowest BCUT2D eigenvalue weighted by molar-refractivity contribution is 0.357. The summed E-state index contributed by atoms with van der Waals surface area (Å²) in [5.74, 6) is -1.25. The van der Waals surface area contributed by atoms with Gasteiger partial charge in [-0.3, -0.25) is 0 Å². The third kappa shape index (κ3) is 3.21. The molecule has 2 atom stereocenters. The predicted molar refractivity (Wildman–Crippen MR) is 77.3 cm³/mol. The molecule has 1 aliphatic carbocycles. The Labute approximate surface area is 117 Å². The summed E-state index contributed by atoms with van der Waals surface area (Å²) in [6.07, 6.45) is 4.30. The predicted octanol–water partition coefficient (Wildman–Crippen LogP) is 3.59. The van der Waals surface area contributed by atoms with Crippen molar-refractivity contribution in [1.29, 1.82) is 0 Å². The van der Waals surface area contributed by atoms with Crippen LogP contribution in [0, 0.1) is 17.6 Å². The highest BCUT2D eigenvalue weighted by molar-refractivity contribution is 7.80. The third-order valence-corrected chi connectivity index (χ3v) is 3.86. The van der Waals surface area contributed by atoms with Crippen LogP contribution in [0.3, 0.4) is 0 Å². The fraction of sp³-hybridized carbons (Fsp3) is 0.500. The highest BCUT2D eigenvalue weighted by Gasteiger charge is 2.21. The molecule has 0 radical (unpaired) electrons. The van der Waals surface area contributed by atoms with Gasteiger partial charge in [-0.15, -0.1) is 0 Å². The summed E-state index contributed by atoms with van der Waals surface area (Å²) in [5.41, 5.74) is 5.49. The standard InChI is InChI=1S/C14H18F2N2S/c1-8-3-2-4-9(7-8)18-11-6-5-10(14(17)19)12(15)13(11)16/h5-6,8-9,18H,2-4,7H2,1H3,(H2,17,19). The van der Waals surface area contributed by atoms with Gasteiger partial charge in [-0.1, -0.05) is 32.0 Å². The number of anilines is 1. The van der Waals surface area contributed by atoms with Crippen LogP contribution < -0.4 is 11.1 Å². The minimum Gasteiger partial charge on any atom is -0.389 e. The van der Waals surface area contributed by atoms with E-state index in [1.54, 1.807) is 0 Å². The molecule has 0 heterocycles. The average Bonchev–Trinajstić information content (AvgIpc) is 2.35. The molecule has 5 heteroatoms. The topological polar surface area (TPSA) is 38.0 Å². The van der Waals surface area contributed by atoms with Gasteiger partial charge < -0.3 is 11.1 Å². The van der Waals surface area contributed by atoms with Gasteiger partial charge in [-0.25, -0.2) is 8.78 Å². The molecule has 104 valence electrons. The maximum Gasteiger partial charge on any atom is 0.182 e. The Bertz CT molecular complexity index is 491. The molecule has 0 bridgehead atoms. The zero-order valence-corrected chi connectivity index (χ0v) is 11.7. The van der Waals surface area contributed by atoms with E-state index < -0.39 is 11.6 Å². The molecule has 1 aromatic rings. The number of nitrogens with two attached hydrogens (primary N) is 1. The van der Waals surface area contributed by atoms with Gasteiger partial charge in [0.2, 0.25) is 0 Å². The number of nitrogens with one attached hydrogen (secondary N) is 1. The van der Waals surface area contributed by atoms with E-state index in [0.717, 1.165) is 19.3 Å². The fourth-order valence-corrected chi connectivity index (χ4v) is 2.79. The Morgan fingerprint density at radius 1 is 1.32 bits per heavy atom. The number of rotatable bonds is 3. The summed E-state index contributed by atoms with van der Waals surface area (Å²) in [7, 11) is 0. The summed E-state index contributed by atoms with van der Waals surface area (Å²) >= 11 is 4.68. The number of benzene rings is 1. The lowest BCUT2D eigenvalue weighted by Crippen LogP contribution is -2.27. The lowest BCUT2D eigenvalue weighted by atomic mass is 9.87. The van der Waals surface area contributed by atoms with Crippen LogP contribution in [0.2, 0.25) is 0 Å². The second-order valence-electron chi connectivity index (χ2n) is 5.27. The first kappa shape index (κ1) is 14.2.